The van der Waals surface area contributed by atoms with Crippen LogP contribution in [0.1, 0.15) is 19.8 Å². The molecule has 1 saturated carbocycles. The molecule has 0 radical (unpaired) electrons. The highest BCUT2D eigenvalue weighted by Gasteiger charge is 2.52. The predicted octanol–water partition coefficient (Wildman–Crippen LogP) is 3.62. The van der Waals surface area contributed by atoms with Gasteiger partial charge >= 0.3 is 0 Å². The molecule has 2 fully saturated rings. The fraction of sp³-hybridized carbons (Fsp3) is 0.474. The molecule has 1 aliphatic carbocycles. The van der Waals surface area contributed by atoms with Gasteiger partial charge in [0.2, 0.25) is 5.88 Å². The average Bonchev–Trinajstić information content (AvgIpc) is 2.54. The van der Waals surface area contributed by atoms with Crippen LogP contribution in [0.4, 0.5) is 0 Å². The Bertz CT molecular complexity index is 769. The maximum absolute atomic E-state index is 6.18. The highest BCUT2D eigenvalue weighted by atomic mass is 127. The van der Waals surface area contributed by atoms with E-state index < -0.39 is 0 Å². The van der Waals surface area contributed by atoms with Gasteiger partial charge in [0.1, 0.15) is 9.80 Å². The minimum Gasteiger partial charge on any atom is -0.488 e. The summed E-state index contributed by atoms with van der Waals surface area (Å²) in [4.78, 5) is 11.4. The third kappa shape index (κ3) is 3.33. The molecule has 5 nitrogen and oxygen atoms in total. The zero-order chi connectivity index (χ0) is 17.4. The molecule has 4 rings (SSSR count). The first-order valence-corrected chi connectivity index (χ1v) is 9.76. The lowest BCUT2D eigenvalue weighted by Gasteiger charge is -2.57. The lowest BCUT2D eigenvalue weighted by Crippen LogP contribution is -2.63. The van der Waals surface area contributed by atoms with Crippen LogP contribution in [0.15, 0.2) is 30.5 Å². The van der Waals surface area contributed by atoms with Crippen molar-refractivity contribution in [3.05, 3.63) is 34.2 Å². The Kier molecular flexibility index (Phi) is 4.58. The Morgan fingerprint density at radius 3 is 2.76 bits per heavy atom. The van der Waals surface area contributed by atoms with Gasteiger partial charge in [0, 0.05) is 24.7 Å². The molecule has 1 aliphatic heterocycles. The summed E-state index contributed by atoms with van der Waals surface area (Å²) in [6.07, 6.45) is 4.38. The number of nitrogens with zero attached hydrogens (tertiary/aromatic N) is 3. The van der Waals surface area contributed by atoms with Crippen LogP contribution in [-0.2, 0) is 0 Å². The summed E-state index contributed by atoms with van der Waals surface area (Å²) in [5, 5.41) is 0. The van der Waals surface area contributed by atoms with Crippen LogP contribution >= 0.6 is 22.6 Å². The minimum atomic E-state index is 0.326. The van der Waals surface area contributed by atoms with E-state index in [1.807, 2.05) is 31.2 Å². The van der Waals surface area contributed by atoms with Crippen LogP contribution in [-0.4, -0.2) is 47.7 Å². The second kappa shape index (κ2) is 6.72. The van der Waals surface area contributed by atoms with Gasteiger partial charge in [-0.05, 0) is 73.7 Å². The van der Waals surface area contributed by atoms with Crippen molar-refractivity contribution < 1.29 is 9.47 Å². The minimum absolute atomic E-state index is 0.326. The van der Waals surface area contributed by atoms with Crippen molar-refractivity contribution in [2.75, 3.05) is 26.7 Å². The molecule has 3 heterocycles. The van der Waals surface area contributed by atoms with Crippen molar-refractivity contribution >= 4 is 22.6 Å². The standard InChI is InChI=1S/C19H22IN3O2/c1-3-24-18-14(5-4-8-21-18)15-6-7-16(17(20)22-15)25-13-9-19(10-13)11-23(2)12-19/h4-8,13H,3,9-12H2,1-2H3. The second-order valence-corrected chi connectivity index (χ2v) is 8.12. The van der Waals surface area contributed by atoms with E-state index in [-0.39, 0.29) is 0 Å². The molecule has 1 saturated heterocycles. The van der Waals surface area contributed by atoms with E-state index in [4.69, 9.17) is 14.5 Å². The fourth-order valence-electron chi connectivity index (χ4n) is 4.02. The predicted molar refractivity (Wildman–Crippen MR) is 105 cm³/mol. The first-order valence-electron chi connectivity index (χ1n) is 8.68. The van der Waals surface area contributed by atoms with Gasteiger partial charge in [0.05, 0.1) is 17.9 Å². The Hall–Kier alpha value is -1.41. The summed E-state index contributed by atoms with van der Waals surface area (Å²) in [6, 6.07) is 7.90. The van der Waals surface area contributed by atoms with Crippen LogP contribution < -0.4 is 9.47 Å². The van der Waals surface area contributed by atoms with E-state index in [1.54, 1.807) is 6.20 Å². The summed E-state index contributed by atoms with van der Waals surface area (Å²) in [5.74, 6) is 1.50. The fourth-order valence-corrected chi connectivity index (χ4v) is 4.59. The van der Waals surface area contributed by atoms with Gasteiger partial charge in [-0.1, -0.05) is 0 Å². The van der Waals surface area contributed by atoms with Crippen LogP contribution in [0.2, 0.25) is 0 Å². The topological polar surface area (TPSA) is 47.5 Å². The van der Waals surface area contributed by atoms with Crippen molar-refractivity contribution in [1.29, 1.82) is 0 Å². The van der Waals surface area contributed by atoms with E-state index in [9.17, 15) is 0 Å². The molecule has 0 amide bonds. The summed E-state index contributed by atoms with van der Waals surface area (Å²) in [5.41, 5.74) is 2.30. The van der Waals surface area contributed by atoms with Crippen molar-refractivity contribution in [2.24, 2.45) is 5.41 Å². The zero-order valence-electron chi connectivity index (χ0n) is 14.5. The van der Waals surface area contributed by atoms with Crippen LogP contribution in [0.3, 0.4) is 0 Å². The van der Waals surface area contributed by atoms with Crippen molar-refractivity contribution in [1.82, 2.24) is 14.9 Å². The maximum Gasteiger partial charge on any atom is 0.222 e. The summed E-state index contributed by atoms with van der Waals surface area (Å²) < 4.78 is 12.7. The van der Waals surface area contributed by atoms with Crippen molar-refractivity contribution in [3.8, 4) is 22.9 Å². The van der Waals surface area contributed by atoms with Gasteiger partial charge in [0.25, 0.3) is 0 Å². The average molecular weight is 451 g/mol. The number of likely N-dealkylation sites (tertiary alicyclic amines) is 1. The third-order valence-corrected chi connectivity index (χ3v) is 5.74. The molecule has 0 unspecified atom stereocenters. The molecule has 2 aromatic rings. The zero-order valence-corrected chi connectivity index (χ0v) is 16.7. The smallest absolute Gasteiger partial charge is 0.222 e. The Morgan fingerprint density at radius 2 is 2.08 bits per heavy atom. The van der Waals surface area contributed by atoms with E-state index in [1.165, 1.54) is 13.1 Å². The highest BCUT2D eigenvalue weighted by molar-refractivity contribution is 14.1. The summed E-state index contributed by atoms with van der Waals surface area (Å²) >= 11 is 2.25. The normalized spacial score (nSPS) is 19.3. The molecule has 1 spiro atoms. The molecule has 132 valence electrons. The van der Waals surface area contributed by atoms with Crippen LogP contribution in [0.25, 0.3) is 11.3 Å². The second-order valence-electron chi connectivity index (χ2n) is 7.09. The molecule has 0 atom stereocenters. The molecule has 2 aromatic heterocycles. The van der Waals surface area contributed by atoms with E-state index in [0.717, 1.165) is 33.5 Å². The van der Waals surface area contributed by atoms with Gasteiger partial charge in [-0.15, -0.1) is 0 Å². The third-order valence-electron chi connectivity index (χ3n) is 4.97. The molecular formula is C19H22IN3O2. The molecule has 0 N–H and O–H groups in total. The number of hydrogen-bond donors (Lipinski definition) is 0. The number of ether oxygens (including phenoxy) is 2. The summed E-state index contributed by atoms with van der Waals surface area (Å²) in [7, 11) is 2.18. The quantitative estimate of drug-likeness (QED) is 0.514. The highest BCUT2D eigenvalue weighted by Crippen LogP contribution is 2.49. The molecule has 0 bridgehead atoms. The van der Waals surface area contributed by atoms with Gasteiger partial charge < -0.3 is 14.4 Å². The molecule has 6 heteroatoms. The number of aromatic nitrogens is 2. The number of hydrogen-bond acceptors (Lipinski definition) is 5. The van der Waals surface area contributed by atoms with Gasteiger partial charge in [-0.3, -0.25) is 0 Å². The van der Waals surface area contributed by atoms with E-state index in [0.29, 0.717) is 24.0 Å². The van der Waals surface area contributed by atoms with Crippen LogP contribution in [0.5, 0.6) is 11.6 Å². The number of pyridine rings is 2. The number of rotatable bonds is 5. The summed E-state index contributed by atoms with van der Waals surface area (Å²) in [6.45, 7) is 4.96. The van der Waals surface area contributed by atoms with Crippen LogP contribution in [0, 0.1) is 9.12 Å². The first kappa shape index (κ1) is 17.0. The lowest BCUT2D eigenvalue weighted by molar-refractivity contribution is -0.109. The lowest BCUT2D eigenvalue weighted by atomic mass is 9.62. The first-order chi connectivity index (χ1) is 12.1. The van der Waals surface area contributed by atoms with Crippen molar-refractivity contribution in [2.45, 2.75) is 25.9 Å². The van der Waals surface area contributed by atoms with Gasteiger partial charge in [-0.2, -0.15) is 0 Å². The molecule has 2 aliphatic rings. The van der Waals surface area contributed by atoms with Crippen molar-refractivity contribution in [3.63, 3.8) is 0 Å². The monoisotopic (exact) mass is 451 g/mol. The Labute approximate surface area is 161 Å². The molecular weight excluding hydrogens is 429 g/mol. The Morgan fingerprint density at radius 1 is 1.28 bits per heavy atom. The largest absolute Gasteiger partial charge is 0.488 e. The van der Waals surface area contributed by atoms with E-state index >= 15 is 0 Å². The maximum atomic E-state index is 6.18. The Balaban J connectivity index is 1.46. The molecule has 25 heavy (non-hydrogen) atoms. The van der Waals surface area contributed by atoms with Gasteiger partial charge in [0.15, 0.2) is 5.75 Å². The molecule has 0 aromatic carbocycles. The van der Waals surface area contributed by atoms with E-state index in [2.05, 4.69) is 39.5 Å². The number of halogens is 1. The van der Waals surface area contributed by atoms with Gasteiger partial charge in [-0.25, -0.2) is 9.97 Å². The SMILES string of the molecule is CCOc1ncccc1-c1ccc(OC2CC3(C2)CN(C)C3)c(I)n1.